The molecule has 23 heavy (non-hydrogen) atoms. The lowest BCUT2D eigenvalue weighted by molar-refractivity contribution is 0.0949. The fraction of sp³-hybridized carbons (Fsp3) is 0.167. The largest absolute Gasteiger partial charge is 0.349 e. The molecule has 1 aliphatic rings. The lowest BCUT2D eigenvalue weighted by Gasteiger charge is -2.07. The van der Waals surface area contributed by atoms with Crippen molar-refractivity contribution >= 4 is 17.5 Å². The van der Waals surface area contributed by atoms with Gasteiger partial charge in [0.1, 0.15) is 0 Å². The van der Waals surface area contributed by atoms with E-state index in [1.807, 2.05) is 6.07 Å². The first-order chi connectivity index (χ1) is 11.2. The quantitative estimate of drug-likeness (QED) is 0.911. The summed E-state index contributed by atoms with van der Waals surface area (Å²) in [5.74, 6) is -0.365. The third-order valence-corrected chi connectivity index (χ3v) is 3.59. The van der Waals surface area contributed by atoms with Gasteiger partial charge in [-0.2, -0.15) is 5.26 Å². The molecule has 0 spiro atoms. The lowest BCUT2D eigenvalue weighted by atomic mass is 10.1. The molecular weight excluding hydrogens is 290 g/mol. The molecule has 2 amide bonds. The molecule has 0 bridgehead atoms. The van der Waals surface area contributed by atoms with Crippen LogP contribution in [0.2, 0.25) is 0 Å². The maximum Gasteiger partial charge on any atom is 0.255 e. The first-order valence-corrected chi connectivity index (χ1v) is 7.38. The van der Waals surface area contributed by atoms with Gasteiger partial charge in [0.2, 0.25) is 0 Å². The highest BCUT2D eigenvalue weighted by atomic mass is 16.2. The molecule has 2 aromatic rings. The second kappa shape index (κ2) is 6.32. The predicted octanol–water partition coefficient (Wildman–Crippen LogP) is 2.70. The van der Waals surface area contributed by atoms with E-state index in [9.17, 15) is 9.59 Å². The van der Waals surface area contributed by atoms with Gasteiger partial charge >= 0.3 is 0 Å². The van der Waals surface area contributed by atoms with Crippen LogP contribution in [0.1, 0.15) is 39.1 Å². The number of nitrogens with zero attached hydrogens (tertiary/aromatic N) is 1. The Morgan fingerprint density at radius 3 is 2.00 bits per heavy atom. The fourth-order valence-corrected chi connectivity index (χ4v) is 2.10. The minimum atomic E-state index is -0.260. The molecule has 5 nitrogen and oxygen atoms in total. The molecule has 0 aromatic heterocycles. The second-order valence-electron chi connectivity index (χ2n) is 5.47. The summed E-state index contributed by atoms with van der Waals surface area (Å²) in [6.45, 7) is 0. The zero-order valence-electron chi connectivity index (χ0n) is 12.4. The molecule has 1 fully saturated rings. The minimum Gasteiger partial charge on any atom is -0.349 e. The smallest absolute Gasteiger partial charge is 0.255 e. The molecule has 0 atom stereocenters. The number of amides is 2. The van der Waals surface area contributed by atoms with Crippen LogP contribution in [-0.4, -0.2) is 17.9 Å². The average Bonchev–Trinajstić information content (AvgIpc) is 3.39. The Balaban J connectivity index is 1.64. The number of benzene rings is 2. The van der Waals surface area contributed by atoms with Gasteiger partial charge in [0, 0.05) is 22.9 Å². The van der Waals surface area contributed by atoms with Crippen molar-refractivity contribution in [2.24, 2.45) is 0 Å². The number of nitrogens with one attached hydrogen (secondary N) is 2. The zero-order chi connectivity index (χ0) is 16.2. The van der Waals surface area contributed by atoms with Gasteiger partial charge in [-0.25, -0.2) is 0 Å². The summed E-state index contributed by atoms with van der Waals surface area (Å²) in [6, 6.07) is 15.5. The number of rotatable bonds is 4. The van der Waals surface area contributed by atoms with Crippen molar-refractivity contribution in [1.82, 2.24) is 5.32 Å². The Morgan fingerprint density at radius 1 is 0.913 bits per heavy atom. The van der Waals surface area contributed by atoms with Crippen LogP contribution < -0.4 is 10.6 Å². The van der Waals surface area contributed by atoms with E-state index in [2.05, 4.69) is 10.6 Å². The molecule has 114 valence electrons. The molecule has 1 saturated carbocycles. The van der Waals surface area contributed by atoms with E-state index in [0.29, 0.717) is 28.4 Å². The molecule has 0 heterocycles. The number of carbonyl (C=O) groups is 2. The van der Waals surface area contributed by atoms with Gasteiger partial charge in [0.05, 0.1) is 11.6 Å². The summed E-state index contributed by atoms with van der Waals surface area (Å²) in [6.07, 6.45) is 2.08. The molecule has 3 rings (SSSR count). The second-order valence-corrected chi connectivity index (χ2v) is 5.47. The molecule has 0 radical (unpaired) electrons. The van der Waals surface area contributed by atoms with Crippen molar-refractivity contribution in [3.05, 3.63) is 65.2 Å². The van der Waals surface area contributed by atoms with Crippen LogP contribution in [0.15, 0.2) is 48.5 Å². The highest BCUT2D eigenvalue weighted by Gasteiger charge is 2.23. The van der Waals surface area contributed by atoms with Crippen LogP contribution in [-0.2, 0) is 0 Å². The van der Waals surface area contributed by atoms with Crippen molar-refractivity contribution in [3.63, 3.8) is 0 Å². The summed E-state index contributed by atoms with van der Waals surface area (Å²) in [4.78, 5) is 24.1. The van der Waals surface area contributed by atoms with E-state index in [1.165, 1.54) is 0 Å². The SMILES string of the molecule is N#Cc1ccc(NC(=O)c2ccc(C(=O)NC3CC3)cc2)cc1. The molecule has 0 aliphatic heterocycles. The molecule has 1 aliphatic carbocycles. The Morgan fingerprint density at radius 2 is 1.48 bits per heavy atom. The van der Waals surface area contributed by atoms with Gasteiger partial charge in [0.25, 0.3) is 11.8 Å². The van der Waals surface area contributed by atoms with Crippen molar-refractivity contribution in [2.75, 3.05) is 5.32 Å². The maximum absolute atomic E-state index is 12.2. The van der Waals surface area contributed by atoms with Crippen LogP contribution in [0.5, 0.6) is 0 Å². The molecule has 2 aromatic carbocycles. The van der Waals surface area contributed by atoms with Gasteiger partial charge < -0.3 is 10.6 Å². The Kier molecular flexibility index (Phi) is 4.07. The molecule has 5 heteroatoms. The van der Waals surface area contributed by atoms with Gasteiger partial charge in [-0.1, -0.05) is 0 Å². The lowest BCUT2D eigenvalue weighted by Crippen LogP contribution is -2.25. The summed E-state index contributed by atoms with van der Waals surface area (Å²) in [5, 5.41) is 14.4. The minimum absolute atomic E-state index is 0.105. The average molecular weight is 305 g/mol. The van der Waals surface area contributed by atoms with Crippen LogP contribution >= 0.6 is 0 Å². The Bertz CT molecular complexity index is 769. The van der Waals surface area contributed by atoms with E-state index in [-0.39, 0.29) is 11.8 Å². The third kappa shape index (κ3) is 3.74. The van der Waals surface area contributed by atoms with Crippen molar-refractivity contribution in [2.45, 2.75) is 18.9 Å². The first-order valence-electron chi connectivity index (χ1n) is 7.38. The van der Waals surface area contributed by atoms with E-state index in [1.54, 1.807) is 48.5 Å². The monoisotopic (exact) mass is 305 g/mol. The van der Waals surface area contributed by atoms with Crippen LogP contribution in [0.25, 0.3) is 0 Å². The topological polar surface area (TPSA) is 82.0 Å². The number of hydrogen-bond donors (Lipinski definition) is 2. The van der Waals surface area contributed by atoms with Crippen LogP contribution in [0.3, 0.4) is 0 Å². The summed E-state index contributed by atoms with van der Waals surface area (Å²) in [5.41, 5.74) is 2.17. The highest BCUT2D eigenvalue weighted by Crippen LogP contribution is 2.19. The van der Waals surface area contributed by atoms with Gasteiger partial charge in [-0.05, 0) is 61.4 Å². The molecule has 0 unspecified atom stereocenters. The molecule has 0 saturated heterocycles. The number of carbonyl (C=O) groups excluding carboxylic acids is 2. The number of nitriles is 1. The summed E-state index contributed by atoms with van der Waals surface area (Å²) in [7, 11) is 0. The Labute approximate surface area is 133 Å². The summed E-state index contributed by atoms with van der Waals surface area (Å²) < 4.78 is 0. The third-order valence-electron chi connectivity index (χ3n) is 3.59. The number of anilines is 1. The van der Waals surface area contributed by atoms with E-state index < -0.39 is 0 Å². The van der Waals surface area contributed by atoms with Crippen molar-refractivity contribution in [3.8, 4) is 6.07 Å². The van der Waals surface area contributed by atoms with E-state index in [4.69, 9.17) is 5.26 Å². The van der Waals surface area contributed by atoms with Gasteiger partial charge in [-0.15, -0.1) is 0 Å². The highest BCUT2D eigenvalue weighted by molar-refractivity contribution is 6.05. The number of hydrogen-bond acceptors (Lipinski definition) is 3. The normalized spacial score (nSPS) is 13.0. The Hall–Kier alpha value is -3.13. The van der Waals surface area contributed by atoms with Gasteiger partial charge in [0.15, 0.2) is 0 Å². The van der Waals surface area contributed by atoms with E-state index in [0.717, 1.165) is 12.8 Å². The molecular formula is C18H15N3O2. The standard InChI is InChI=1S/C18H15N3O2/c19-11-12-1-7-15(8-2-12)20-17(22)13-3-5-14(6-4-13)18(23)21-16-9-10-16/h1-8,16H,9-10H2,(H,20,22)(H,21,23). The first kappa shape index (κ1) is 14.8. The summed E-state index contributed by atoms with van der Waals surface area (Å²) >= 11 is 0. The maximum atomic E-state index is 12.2. The molecule has 2 N–H and O–H groups in total. The van der Waals surface area contributed by atoms with Crippen molar-refractivity contribution < 1.29 is 9.59 Å². The fourth-order valence-electron chi connectivity index (χ4n) is 2.10. The van der Waals surface area contributed by atoms with Crippen molar-refractivity contribution in [1.29, 1.82) is 5.26 Å². The zero-order valence-corrected chi connectivity index (χ0v) is 12.4. The van der Waals surface area contributed by atoms with Gasteiger partial charge in [-0.3, -0.25) is 9.59 Å². The van der Waals surface area contributed by atoms with Crippen LogP contribution in [0.4, 0.5) is 5.69 Å². The predicted molar refractivity (Wildman–Crippen MR) is 86.0 cm³/mol. The van der Waals surface area contributed by atoms with Crippen LogP contribution in [0, 0.1) is 11.3 Å². The van der Waals surface area contributed by atoms with E-state index >= 15 is 0 Å².